The maximum Gasteiger partial charge on any atom is 0.251 e. The van der Waals surface area contributed by atoms with E-state index in [1.54, 1.807) is 0 Å². The first-order valence-electron chi connectivity index (χ1n) is 7.69. The molecule has 2 rings (SSSR count). The van der Waals surface area contributed by atoms with Gasteiger partial charge in [0.1, 0.15) is 0 Å². The highest BCUT2D eigenvalue weighted by Crippen LogP contribution is 2.05. The number of hydrogen-bond acceptors (Lipinski definition) is 5. The predicted octanol–water partition coefficient (Wildman–Crippen LogP) is 0.417. The summed E-state index contributed by atoms with van der Waals surface area (Å²) in [4.78, 5) is 18.5. The second-order valence-electron chi connectivity index (χ2n) is 5.62. The number of guanidine groups is 1. The Hall–Kier alpha value is -2.08. The van der Waals surface area contributed by atoms with Crippen LogP contribution in [0.1, 0.15) is 22.3 Å². The van der Waals surface area contributed by atoms with Gasteiger partial charge in [0.25, 0.3) is 5.91 Å². The van der Waals surface area contributed by atoms with Crippen LogP contribution < -0.4 is 16.0 Å². The van der Waals surface area contributed by atoms with Gasteiger partial charge in [-0.2, -0.15) is 0 Å². The van der Waals surface area contributed by atoms with Crippen LogP contribution in [-0.2, 0) is 6.54 Å². The van der Waals surface area contributed by atoms with Crippen molar-refractivity contribution in [3.8, 4) is 0 Å². The van der Waals surface area contributed by atoms with E-state index in [1.165, 1.54) is 0 Å². The van der Waals surface area contributed by atoms with Gasteiger partial charge in [0.15, 0.2) is 5.96 Å². The third-order valence-electron chi connectivity index (χ3n) is 3.39. The fraction of sp³-hybridized carbons (Fsp3) is 0.500. The molecule has 0 radical (unpaired) electrons. The van der Waals surface area contributed by atoms with Gasteiger partial charge < -0.3 is 20.9 Å². The summed E-state index contributed by atoms with van der Waals surface area (Å²) in [7, 11) is 3.97. The lowest BCUT2D eigenvalue weighted by atomic mass is 10.1. The Morgan fingerprint density at radius 3 is 3.00 bits per heavy atom. The van der Waals surface area contributed by atoms with Gasteiger partial charge in [-0.25, -0.2) is 0 Å². The summed E-state index contributed by atoms with van der Waals surface area (Å²) >= 11 is 0. The summed E-state index contributed by atoms with van der Waals surface area (Å²) in [6, 6.07) is 7.67. The average molecular weight is 303 g/mol. The Morgan fingerprint density at radius 1 is 1.41 bits per heavy atom. The lowest BCUT2D eigenvalue weighted by molar-refractivity contribution is 0.0951. The second-order valence-corrected chi connectivity index (χ2v) is 5.62. The highest BCUT2D eigenvalue weighted by atomic mass is 16.1. The van der Waals surface area contributed by atoms with Crippen LogP contribution in [0.25, 0.3) is 0 Å². The van der Waals surface area contributed by atoms with Gasteiger partial charge in [-0.05, 0) is 38.2 Å². The predicted molar refractivity (Wildman–Crippen MR) is 89.1 cm³/mol. The van der Waals surface area contributed by atoms with Crippen LogP contribution in [0.15, 0.2) is 29.3 Å². The molecule has 6 nitrogen and oxygen atoms in total. The first kappa shape index (κ1) is 16.3. The first-order chi connectivity index (χ1) is 10.6. The van der Waals surface area contributed by atoms with Crippen molar-refractivity contribution in [3.05, 3.63) is 35.4 Å². The molecule has 3 N–H and O–H groups in total. The molecule has 1 aromatic rings. The minimum atomic E-state index is -0.0307. The van der Waals surface area contributed by atoms with E-state index in [0.717, 1.165) is 37.6 Å². The standard InChI is InChI=1S/C16H25N5O/c1-21(2)10-9-17-15(22)14-6-3-5-13(11-14)12-20-16-18-7-4-8-19-16/h3,5-6,11H,4,7-10,12H2,1-2H3,(H,17,22)(H2,18,19,20). The summed E-state index contributed by atoms with van der Waals surface area (Å²) in [5.74, 6) is 0.809. The molecule has 1 aliphatic heterocycles. The molecule has 22 heavy (non-hydrogen) atoms. The van der Waals surface area contributed by atoms with E-state index in [0.29, 0.717) is 18.7 Å². The molecule has 6 heteroatoms. The Kier molecular flexibility index (Phi) is 6.21. The van der Waals surface area contributed by atoms with E-state index in [4.69, 9.17) is 0 Å². The number of nitrogens with one attached hydrogen (secondary N) is 3. The van der Waals surface area contributed by atoms with E-state index in [-0.39, 0.29) is 5.91 Å². The Balaban J connectivity index is 1.86. The van der Waals surface area contributed by atoms with Gasteiger partial charge in [-0.1, -0.05) is 12.1 Å². The first-order valence-corrected chi connectivity index (χ1v) is 7.69. The van der Waals surface area contributed by atoms with Gasteiger partial charge in [0.05, 0.1) is 0 Å². The van der Waals surface area contributed by atoms with Crippen LogP contribution >= 0.6 is 0 Å². The van der Waals surface area contributed by atoms with E-state index in [1.807, 2.05) is 43.3 Å². The van der Waals surface area contributed by atoms with Crippen LogP contribution in [0.4, 0.5) is 0 Å². The van der Waals surface area contributed by atoms with Crippen molar-refractivity contribution in [2.45, 2.75) is 13.0 Å². The Labute approximate surface area is 132 Å². The molecular formula is C16H25N5O. The highest BCUT2D eigenvalue weighted by Gasteiger charge is 2.07. The second kappa shape index (κ2) is 8.38. The van der Waals surface area contributed by atoms with Gasteiger partial charge >= 0.3 is 0 Å². The van der Waals surface area contributed by atoms with Crippen LogP contribution in [0.2, 0.25) is 0 Å². The molecule has 0 aromatic heterocycles. The number of aliphatic imine (C=N–C) groups is 1. The molecule has 0 bridgehead atoms. The minimum Gasteiger partial charge on any atom is -0.356 e. The lowest BCUT2D eigenvalue weighted by Crippen LogP contribution is -2.40. The number of likely N-dealkylation sites (N-methyl/N-ethyl adjacent to an activating group) is 1. The number of rotatable bonds is 6. The van der Waals surface area contributed by atoms with Crippen molar-refractivity contribution in [2.75, 3.05) is 40.3 Å². The molecular weight excluding hydrogens is 278 g/mol. The largest absolute Gasteiger partial charge is 0.356 e. The van der Waals surface area contributed by atoms with Crippen molar-refractivity contribution in [1.82, 2.24) is 20.9 Å². The molecule has 0 fully saturated rings. The van der Waals surface area contributed by atoms with E-state index in [9.17, 15) is 4.79 Å². The zero-order valence-corrected chi connectivity index (χ0v) is 13.4. The van der Waals surface area contributed by atoms with Crippen LogP contribution in [0.5, 0.6) is 0 Å². The molecule has 1 aliphatic rings. The van der Waals surface area contributed by atoms with Crippen molar-refractivity contribution in [3.63, 3.8) is 0 Å². The maximum atomic E-state index is 12.1. The topological polar surface area (TPSA) is 68.8 Å². The summed E-state index contributed by atoms with van der Waals surface area (Å²) in [5, 5.41) is 9.41. The Morgan fingerprint density at radius 2 is 2.27 bits per heavy atom. The van der Waals surface area contributed by atoms with Gasteiger partial charge in [0.2, 0.25) is 0 Å². The number of nitrogens with zero attached hydrogens (tertiary/aromatic N) is 2. The van der Waals surface area contributed by atoms with Crippen molar-refractivity contribution in [2.24, 2.45) is 4.99 Å². The van der Waals surface area contributed by atoms with E-state index in [2.05, 4.69) is 20.9 Å². The van der Waals surface area contributed by atoms with Crippen molar-refractivity contribution >= 4 is 11.9 Å². The molecule has 1 amide bonds. The quantitative estimate of drug-likeness (QED) is 0.712. The summed E-state index contributed by atoms with van der Waals surface area (Å²) in [6.07, 6.45) is 1.08. The van der Waals surface area contributed by atoms with Gasteiger partial charge in [0, 0.05) is 38.3 Å². The SMILES string of the molecule is CN(C)CCNC(=O)c1cccc(CNC2=NCCCN2)c1. The zero-order chi connectivity index (χ0) is 15.8. The molecule has 1 aromatic carbocycles. The maximum absolute atomic E-state index is 12.1. The number of benzene rings is 1. The van der Waals surface area contributed by atoms with E-state index < -0.39 is 0 Å². The summed E-state index contributed by atoms with van der Waals surface area (Å²) < 4.78 is 0. The highest BCUT2D eigenvalue weighted by molar-refractivity contribution is 5.94. The van der Waals surface area contributed by atoms with Crippen molar-refractivity contribution in [1.29, 1.82) is 0 Å². The molecule has 0 saturated heterocycles. The number of carbonyl (C=O) groups excluding carboxylic acids is 1. The van der Waals surface area contributed by atoms with Crippen LogP contribution in [-0.4, -0.2) is 57.0 Å². The smallest absolute Gasteiger partial charge is 0.251 e. The number of carbonyl (C=O) groups is 1. The number of amides is 1. The summed E-state index contributed by atoms with van der Waals surface area (Å²) in [5.41, 5.74) is 1.76. The minimum absolute atomic E-state index is 0.0307. The molecule has 1 heterocycles. The fourth-order valence-electron chi connectivity index (χ4n) is 2.15. The fourth-order valence-corrected chi connectivity index (χ4v) is 2.15. The molecule has 0 saturated carbocycles. The molecule has 0 aliphatic carbocycles. The van der Waals surface area contributed by atoms with Gasteiger partial charge in [-0.3, -0.25) is 9.79 Å². The third-order valence-corrected chi connectivity index (χ3v) is 3.39. The van der Waals surface area contributed by atoms with Crippen LogP contribution in [0.3, 0.4) is 0 Å². The van der Waals surface area contributed by atoms with Crippen molar-refractivity contribution < 1.29 is 4.79 Å². The average Bonchev–Trinajstić information content (AvgIpc) is 2.54. The normalized spacial score (nSPS) is 14.2. The zero-order valence-electron chi connectivity index (χ0n) is 13.4. The third kappa shape index (κ3) is 5.37. The van der Waals surface area contributed by atoms with Crippen LogP contribution in [0, 0.1) is 0 Å². The monoisotopic (exact) mass is 303 g/mol. The molecule has 0 spiro atoms. The summed E-state index contributed by atoms with van der Waals surface area (Å²) in [6.45, 7) is 3.96. The Bertz CT molecular complexity index is 527. The number of hydrogen-bond donors (Lipinski definition) is 3. The van der Waals surface area contributed by atoms with E-state index >= 15 is 0 Å². The van der Waals surface area contributed by atoms with Gasteiger partial charge in [-0.15, -0.1) is 0 Å². The molecule has 120 valence electrons. The molecule has 0 atom stereocenters. The molecule has 0 unspecified atom stereocenters. The lowest BCUT2D eigenvalue weighted by Gasteiger charge is -2.16.